The molecule has 0 fully saturated rings. The summed E-state index contributed by atoms with van der Waals surface area (Å²) in [5.74, 6) is -3.67. The first-order valence-electron chi connectivity index (χ1n) is 10.7. The van der Waals surface area contributed by atoms with Gasteiger partial charge in [0.1, 0.15) is 11.3 Å². The molecule has 4 rings (SSSR count). The highest BCUT2D eigenvalue weighted by atomic mass is 19.1. The molecule has 1 unspecified atom stereocenters. The number of halogens is 2. The van der Waals surface area contributed by atoms with Crippen LogP contribution in [0.25, 0.3) is 10.9 Å². The number of nitrogens with two attached hydrogens (primary N) is 1. The van der Waals surface area contributed by atoms with E-state index >= 15 is 8.78 Å². The van der Waals surface area contributed by atoms with Crippen LogP contribution in [0.1, 0.15) is 22.8 Å². The summed E-state index contributed by atoms with van der Waals surface area (Å²) >= 11 is 0. The smallest absolute Gasteiger partial charge is 0.341 e. The molecule has 0 spiro atoms. The molecular weight excluding hydrogens is 446 g/mol. The van der Waals surface area contributed by atoms with Gasteiger partial charge >= 0.3 is 5.97 Å². The number of aryl methyl sites for hydroxylation is 1. The lowest BCUT2D eigenvalue weighted by Crippen LogP contribution is -2.28. The zero-order valence-corrected chi connectivity index (χ0v) is 18.4. The number of carbonyl (C=O) groups is 1. The first-order valence-corrected chi connectivity index (χ1v) is 10.7. The van der Waals surface area contributed by atoms with Crippen LogP contribution in [-0.2, 0) is 18.0 Å². The highest BCUT2D eigenvalue weighted by Crippen LogP contribution is 2.34. The summed E-state index contributed by atoms with van der Waals surface area (Å²) in [6, 6.07) is 10.4. The maximum atomic E-state index is 15.7. The number of rotatable bonds is 8. The number of carboxylic acids is 1. The lowest BCUT2D eigenvalue weighted by Gasteiger charge is -2.21. The molecule has 1 aliphatic rings. The summed E-state index contributed by atoms with van der Waals surface area (Å²) in [4.78, 5) is 30.9. The van der Waals surface area contributed by atoms with Crippen molar-refractivity contribution in [2.24, 2.45) is 11.7 Å². The van der Waals surface area contributed by atoms with Crippen LogP contribution in [0.3, 0.4) is 0 Å². The van der Waals surface area contributed by atoms with Crippen molar-refractivity contribution in [3.05, 3.63) is 87.5 Å². The van der Waals surface area contributed by atoms with Crippen LogP contribution in [0.15, 0.2) is 59.3 Å². The Morgan fingerprint density at radius 1 is 1.29 bits per heavy atom. The van der Waals surface area contributed by atoms with Gasteiger partial charge in [-0.1, -0.05) is 30.3 Å². The van der Waals surface area contributed by atoms with E-state index < -0.39 is 28.6 Å². The quantitative estimate of drug-likeness (QED) is 0.434. The minimum atomic E-state index is -1.46. The second-order valence-electron chi connectivity index (χ2n) is 7.93. The zero-order valence-electron chi connectivity index (χ0n) is 18.4. The number of hydrogen-bond acceptors (Lipinski definition) is 6. The number of hydroxylamine groups is 1. The van der Waals surface area contributed by atoms with Gasteiger partial charge in [-0.05, 0) is 18.6 Å². The number of aromatic nitrogens is 1. The third kappa shape index (κ3) is 4.25. The van der Waals surface area contributed by atoms with Crippen LogP contribution in [0.2, 0.25) is 0 Å². The van der Waals surface area contributed by atoms with Crippen molar-refractivity contribution in [3.8, 4) is 0 Å². The summed E-state index contributed by atoms with van der Waals surface area (Å²) in [5, 5.41) is 8.96. The van der Waals surface area contributed by atoms with Crippen LogP contribution in [0, 0.1) is 17.6 Å². The van der Waals surface area contributed by atoms with Gasteiger partial charge in [-0.15, -0.1) is 0 Å². The Bertz CT molecular complexity index is 1320. The third-order valence-electron chi connectivity index (χ3n) is 5.80. The van der Waals surface area contributed by atoms with Gasteiger partial charge in [0.15, 0.2) is 11.6 Å². The molecule has 1 aromatic heterocycles. The lowest BCUT2D eigenvalue weighted by atomic mass is 10.1. The molecule has 178 valence electrons. The van der Waals surface area contributed by atoms with E-state index in [0.29, 0.717) is 5.70 Å². The van der Waals surface area contributed by atoms with Crippen molar-refractivity contribution < 1.29 is 23.5 Å². The number of pyridine rings is 1. The number of nitrogens with one attached hydrogen (secondary N) is 1. The molecule has 2 heterocycles. The number of anilines is 1. The number of carboxylic acid groups (broad SMARTS) is 1. The van der Waals surface area contributed by atoms with Gasteiger partial charge in [0.25, 0.3) is 0 Å². The Morgan fingerprint density at radius 3 is 2.68 bits per heavy atom. The van der Waals surface area contributed by atoms with Crippen LogP contribution in [0.5, 0.6) is 0 Å². The predicted molar refractivity (Wildman–Crippen MR) is 123 cm³/mol. The first kappa shape index (κ1) is 23.4. The Morgan fingerprint density at radius 2 is 2.03 bits per heavy atom. The van der Waals surface area contributed by atoms with Gasteiger partial charge in [-0.25, -0.2) is 13.6 Å². The standard InChI is InChI=1S/C24H24F2N4O4/c1-2-29-11-17(24(32)33)23(31)16-8-18(25)22(20(26)21(16)29)30-10-15(9-27)19(12-30)28-34-13-14-6-4-3-5-7-14/h3-8,11-12,15,28H,2,9-10,13,27H2,1H3,(H,32,33). The normalized spacial score (nSPS) is 15.6. The third-order valence-corrected chi connectivity index (χ3v) is 5.80. The second kappa shape index (κ2) is 9.62. The van der Waals surface area contributed by atoms with E-state index in [4.69, 9.17) is 10.6 Å². The number of benzene rings is 2. The zero-order chi connectivity index (χ0) is 24.4. The summed E-state index contributed by atoms with van der Waals surface area (Å²) in [7, 11) is 0. The fourth-order valence-corrected chi connectivity index (χ4v) is 4.05. The molecule has 10 heteroatoms. The van der Waals surface area contributed by atoms with Crippen LogP contribution in [-0.4, -0.2) is 28.7 Å². The molecule has 4 N–H and O–H groups in total. The summed E-state index contributed by atoms with van der Waals surface area (Å²) < 4.78 is 32.1. The number of hydrogen-bond donors (Lipinski definition) is 3. The largest absolute Gasteiger partial charge is 0.477 e. The average Bonchev–Trinajstić information content (AvgIpc) is 3.22. The van der Waals surface area contributed by atoms with E-state index in [0.717, 1.165) is 17.8 Å². The topological polar surface area (TPSA) is 110 Å². The molecule has 0 amide bonds. The molecule has 0 bridgehead atoms. The van der Waals surface area contributed by atoms with Gasteiger partial charge in [0.2, 0.25) is 5.43 Å². The molecule has 34 heavy (non-hydrogen) atoms. The van der Waals surface area contributed by atoms with Crippen molar-refractivity contribution in [3.63, 3.8) is 0 Å². The second-order valence-corrected chi connectivity index (χ2v) is 7.93. The molecule has 3 aromatic rings. The fourth-order valence-electron chi connectivity index (χ4n) is 4.05. The summed E-state index contributed by atoms with van der Waals surface area (Å²) in [6.07, 6.45) is 2.60. The lowest BCUT2D eigenvalue weighted by molar-refractivity contribution is 0.0440. The number of aromatic carboxylic acids is 1. The Kier molecular flexibility index (Phi) is 6.62. The van der Waals surface area contributed by atoms with Crippen molar-refractivity contribution in [1.82, 2.24) is 10.0 Å². The van der Waals surface area contributed by atoms with E-state index in [9.17, 15) is 14.7 Å². The molecule has 0 saturated carbocycles. The van der Waals surface area contributed by atoms with E-state index in [1.54, 1.807) is 6.92 Å². The summed E-state index contributed by atoms with van der Waals surface area (Å²) in [6.45, 7) is 2.53. The predicted octanol–water partition coefficient (Wildman–Crippen LogP) is 2.96. The van der Waals surface area contributed by atoms with Crippen LogP contribution < -0.4 is 21.5 Å². The Hall–Kier alpha value is -3.76. The van der Waals surface area contributed by atoms with E-state index in [2.05, 4.69) is 5.48 Å². The van der Waals surface area contributed by atoms with Crippen molar-refractivity contribution in [1.29, 1.82) is 0 Å². The Balaban J connectivity index is 1.70. The monoisotopic (exact) mass is 470 g/mol. The highest BCUT2D eigenvalue weighted by molar-refractivity contribution is 5.94. The maximum absolute atomic E-state index is 15.7. The van der Waals surface area contributed by atoms with Crippen molar-refractivity contribution >= 4 is 22.6 Å². The minimum Gasteiger partial charge on any atom is -0.477 e. The minimum absolute atomic E-state index is 0.159. The average molecular weight is 470 g/mol. The molecular formula is C24H24F2N4O4. The molecule has 1 aliphatic heterocycles. The fraction of sp³-hybridized carbons (Fsp3) is 0.250. The maximum Gasteiger partial charge on any atom is 0.341 e. The molecule has 2 aromatic carbocycles. The van der Waals surface area contributed by atoms with E-state index in [1.807, 2.05) is 30.3 Å². The molecule has 0 aliphatic carbocycles. The van der Waals surface area contributed by atoms with Crippen molar-refractivity contribution in [2.75, 3.05) is 18.0 Å². The highest BCUT2D eigenvalue weighted by Gasteiger charge is 2.30. The van der Waals surface area contributed by atoms with Crippen molar-refractivity contribution in [2.45, 2.75) is 20.1 Å². The van der Waals surface area contributed by atoms with Gasteiger partial charge in [0.05, 0.1) is 23.2 Å². The van der Waals surface area contributed by atoms with Gasteiger partial charge in [-0.2, -0.15) is 0 Å². The van der Waals surface area contributed by atoms with Gasteiger partial charge < -0.3 is 20.3 Å². The summed E-state index contributed by atoms with van der Waals surface area (Å²) in [5.41, 5.74) is 8.21. The van der Waals surface area contributed by atoms with Gasteiger partial charge in [-0.3, -0.25) is 15.1 Å². The van der Waals surface area contributed by atoms with E-state index in [-0.39, 0.29) is 48.7 Å². The SMILES string of the molecule is CCn1cc(C(=O)O)c(=O)c2cc(F)c(N3C=C(NOCc4ccccc4)C(CN)C3)c(F)c21. The molecule has 0 radical (unpaired) electrons. The molecule has 1 atom stereocenters. The number of nitrogens with zero attached hydrogens (tertiary/aromatic N) is 2. The Labute approximate surface area is 193 Å². The molecule has 8 nitrogen and oxygen atoms in total. The van der Waals surface area contributed by atoms with E-state index in [1.165, 1.54) is 15.7 Å². The molecule has 0 saturated heterocycles. The first-order chi connectivity index (χ1) is 16.3. The van der Waals surface area contributed by atoms with Crippen LogP contribution in [0.4, 0.5) is 14.5 Å². The van der Waals surface area contributed by atoms with Gasteiger partial charge in [0, 0.05) is 37.9 Å². The van der Waals surface area contributed by atoms with Crippen LogP contribution >= 0.6 is 0 Å². The number of fused-ring (bicyclic) bond motifs is 1.